The number of rotatable bonds is 7. The Morgan fingerprint density at radius 1 is 1.53 bits per heavy atom. The van der Waals surface area contributed by atoms with Crippen molar-refractivity contribution in [2.45, 2.75) is 40.0 Å². The lowest BCUT2D eigenvalue weighted by molar-refractivity contribution is 0.0698. The van der Waals surface area contributed by atoms with Crippen molar-refractivity contribution < 1.29 is 14.6 Å². The molecular formula is C13H20O3S. The van der Waals surface area contributed by atoms with Crippen LogP contribution in [0.15, 0.2) is 6.07 Å². The van der Waals surface area contributed by atoms with Gasteiger partial charge in [-0.25, -0.2) is 4.79 Å². The second-order valence-electron chi connectivity index (χ2n) is 4.45. The van der Waals surface area contributed by atoms with Crippen molar-refractivity contribution in [3.8, 4) is 5.75 Å². The number of carboxylic acid groups (broad SMARTS) is 1. The van der Waals surface area contributed by atoms with Gasteiger partial charge in [-0.05, 0) is 31.2 Å². The number of thiophene rings is 1. The predicted octanol–water partition coefficient (Wildman–Crippen LogP) is 3.82. The highest BCUT2D eigenvalue weighted by atomic mass is 32.1. The number of ether oxygens (including phenoxy) is 1. The Labute approximate surface area is 106 Å². The van der Waals surface area contributed by atoms with Crippen molar-refractivity contribution in [2.75, 3.05) is 6.61 Å². The van der Waals surface area contributed by atoms with Crippen molar-refractivity contribution in [1.82, 2.24) is 0 Å². The molecule has 0 atom stereocenters. The van der Waals surface area contributed by atoms with Crippen LogP contribution < -0.4 is 4.74 Å². The first-order valence-electron chi connectivity index (χ1n) is 6.03. The normalized spacial score (nSPS) is 10.8. The third-order valence-electron chi connectivity index (χ3n) is 2.48. The first-order chi connectivity index (χ1) is 8.04. The molecule has 0 fully saturated rings. The molecule has 0 aliphatic heterocycles. The predicted molar refractivity (Wildman–Crippen MR) is 70.2 cm³/mol. The molecule has 1 rings (SSSR count). The molecule has 4 heteroatoms. The maximum atomic E-state index is 11.0. The molecule has 0 unspecified atom stereocenters. The maximum Gasteiger partial charge on any atom is 0.349 e. The van der Waals surface area contributed by atoms with Crippen molar-refractivity contribution in [3.63, 3.8) is 0 Å². The van der Waals surface area contributed by atoms with Crippen molar-refractivity contribution in [3.05, 3.63) is 15.8 Å². The van der Waals surface area contributed by atoms with Crippen LogP contribution in [0.3, 0.4) is 0 Å². The Morgan fingerprint density at radius 3 is 2.76 bits per heavy atom. The van der Waals surface area contributed by atoms with E-state index in [2.05, 4.69) is 13.8 Å². The zero-order valence-electron chi connectivity index (χ0n) is 10.7. The Bertz CT molecular complexity index is 369. The fraction of sp³-hybridized carbons (Fsp3) is 0.615. The van der Waals surface area contributed by atoms with E-state index in [1.54, 1.807) is 0 Å². The van der Waals surface area contributed by atoms with E-state index in [1.807, 2.05) is 13.0 Å². The summed E-state index contributed by atoms with van der Waals surface area (Å²) in [6.07, 6.45) is 2.92. The molecular weight excluding hydrogens is 236 g/mol. The Kier molecular flexibility index (Phi) is 5.48. The fourth-order valence-electron chi connectivity index (χ4n) is 1.53. The van der Waals surface area contributed by atoms with Gasteiger partial charge < -0.3 is 9.84 Å². The smallest absolute Gasteiger partial charge is 0.349 e. The molecule has 0 aliphatic rings. The minimum absolute atomic E-state index is 0.325. The highest BCUT2D eigenvalue weighted by molar-refractivity contribution is 7.14. The van der Waals surface area contributed by atoms with Crippen LogP contribution in [0, 0.1) is 5.92 Å². The molecule has 1 heterocycles. The van der Waals surface area contributed by atoms with Crippen molar-refractivity contribution in [2.24, 2.45) is 5.92 Å². The van der Waals surface area contributed by atoms with Crippen LogP contribution in [-0.2, 0) is 6.42 Å². The number of aromatic carboxylic acids is 1. The number of aryl methyl sites for hydroxylation is 1. The van der Waals surface area contributed by atoms with Gasteiger partial charge in [-0.1, -0.05) is 20.8 Å². The van der Waals surface area contributed by atoms with Crippen molar-refractivity contribution >= 4 is 17.3 Å². The van der Waals surface area contributed by atoms with Crippen LogP contribution >= 0.6 is 11.3 Å². The molecule has 0 saturated heterocycles. The molecule has 0 saturated carbocycles. The third-order valence-corrected chi connectivity index (χ3v) is 3.72. The minimum atomic E-state index is -0.895. The minimum Gasteiger partial charge on any atom is -0.492 e. The summed E-state index contributed by atoms with van der Waals surface area (Å²) in [5, 5.41) is 9.05. The van der Waals surface area contributed by atoms with Gasteiger partial charge in [0.05, 0.1) is 6.61 Å². The van der Waals surface area contributed by atoms with E-state index in [1.165, 1.54) is 11.3 Å². The van der Waals surface area contributed by atoms with Gasteiger partial charge in [0.15, 0.2) is 4.88 Å². The van der Waals surface area contributed by atoms with Crippen LogP contribution in [0.1, 0.15) is 48.2 Å². The summed E-state index contributed by atoms with van der Waals surface area (Å²) in [4.78, 5) is 12.4. The second-order valence-corrected chi connectivity index (χ2v) is 5.59. The molecule has 0 radical (unpaired) electrons. The fourth-order valence-corrected chi connectivity index (χ4v) is 2.41. The molecule has 1 aromatic heterocycles. The molecule has 0 bridgehead atoms. The number of carboxylic acids is 1. The molecule has 0 spiro atoms. The summed E-state index contributed by atoms with van der Waals surface area (Å²) in [5.74, 6) is 0.294. The van der Waals surface area contributed by atoms with E-state index in [4.69, 9.17) is 9.84 Å². The highest BCUT2D eigenvalue weighted by Crippen LogP contribution is 2.30. The van der Waals surface area contributed by atoms with Gasteiger partial charge >= 0.3 is 5.97 Å². The topological polar surface area (TPSA) is 46.5 Å². The van der Waals surface area contributed by atoms with Crippen LogP contribution in [0.4, 0.5) is 0 Å². The molecule has 3 nitrogen and oxygen atoms in total. The SMILES string of the molecule is CCc1cc(OCCCC(C)C)c(C(=O)O)s1. The van der Waals surface area contributed by atoms with E-state index >= 15 is 0 Å². The molecule has 0 aliphatic carbocycles. The lowest BCUT2D eigenvalue weighted by Gasteiger charge is -2.06. The molecule has 96 valence electrons. The van der Waals surface area contributed by atoms with E-state index < -0.39 is 5.97 Å². The lowest BCUT2D eigenvalue weighted by atomic mass is 10.1. The van der Waals surface area contributed by atoms with Gasteiger partial charge in [-0.15, -0.1) is 11.3 Å². The van der Waals surface area contributed by atoms with Gasteiger partial charge in [-0.3, -0.25) is 0 Å². The Hall–Kier alpha value is -1.03. The average molecular weight is 256 g/mol. The van der Waals surface area contributed by atoms with Gasteiger partial charge in [0, 0.05) is 4.88 Å². The summed E-state index contributed by atoms with van der Waals surface area (Å²) in [5.41, 5.74) is 0. The number of hydrogen-bond donors (Lipinski definition) is 1. The zero-order chi connectivity index (χ0) is 12.8. The van der Waals surface area contributed by atoms with Crippen LogP contribution in [0.5, 0.6) is 5.75 Å². The zero-order valence-corrected chi connectivity index (χ0v) is 11.5. The van der Waals surface area contributed by atoms with E-state index in [-0.39, 0.29) is 0 Å². The number of hydrogen-bond acceptors (Lipinski definition) is 3. The summed E-state index contributed by atoms with van der Waals surface area (Å²) in [7, 11) is 0. The van der Waals surface area contributed by atoms with Gasteiger partial charge in [0.25, 0.3) is 0 Å². The standard InChI is InChI=1S/C13H20O3S/c1-4-10-8-11(12(17-10)13(14)15)16-7-5-6-9(2)3/h8-9H,4-7H2,1-3H3,(H,14,15). The third kappa shape index (κ3) is 4.38. The second kappa shape index (κ2) is 6.64. The molecule has 17 heavy (non-hydrogen) atoms. The van der Waals surface area contributed by atoms with Crippen LogP contribution in [0.25, 0.3) is 0 Å². The first kappa shape index (κ1) is 14.0. The van der Waals surface area contributed by atoms with E-state index in [9.17, 15) is 4.79 Å². The van der Waals surface area contributed by atoms with Gasteiger partial charge in [0.2, 0.25) is 0 Å². The highest BCUT2D eigenvalue weighted by Gasteiger charge is 2.15. The monoisotopic (exact) mass is 256 g/mol. The van der Waals surface area contributed by atoms with Crippen LogP contribution in [0.2, 0.25) is 0 Å². The van der Waals surface area contributed by atoms with Crippen molar-refractivity contribution in [1.29, 1.82) is 0 Å². The molecule has 1 N–H and O–H groups in total. The van der Waals surface area contributed by atoms with Crippen LogP contribution in [-0.4, -0.2) is 17.7 Å². The molecule has 0 aromatic carbocycles. The maximum absolute atomic E-state index is 11.0. The van der Waals surface area contributed by atoms with Gasteiger partial charge in [0.1, 0.15) is 5.75 Å². The largest absolute Gasteiger partial charge is 0.492 e. The molecule has 1 aromatic rings. The Balaban J connectivity index is 2.57. The first-order valence-corrected chi connectivity index (χ1v) is 6.85. The van der Waals surface area contributed by atoms with E-state index in [0.29, 0.717) is 23.2 Å². The summed E-state index contributed by atoms with van der Waals surface area (Å²) < 4.78 is 5.56. The summed E-state index contributed by atoms with van der Waals surface area (Å²) >= 11 is 1.31. The van der Waals surface area contributed by atoms with Gasteiger partial charge in [-0.2, -0.15) is 0 Å². The van der Waals surface area contributed by atoms with E-state index in [0.717, 1.165) is 24.1 Å². The average Bonchev–Trinajstić information content (AvgIpc) is 2.67. The quantitative estimate of drug-likeness (QED) is 0.754. The summed E-state index contributed by atoms with van der Waals surface area (Å²) in [6.45, 7) is 6.95. The molecule has 0 amide bonds. The lowest BCUT2D eigenvalue weighted by Crippen LogP contribution is -2.02. The Morgan fingerprint density at radius 2 is 2.24 bits per heavy atom. The summed E-state index contributed by atoms with van der Waals surface area (Å²) in [6, 6.07) is 1.85. The number of carbonyl (C=O) groups is 1.